The van der Waals surface area contributed by atoms with Gasteiger partial charge in [-0.25, -0.2) is 4.39 Å². The van der Waals surface area contributed by atoms with Gasteiger partial charge in [0.25, 0.3) is 0 Å². The van der Waals surface area contributed by atoms with E-state index in [1.807, 2.05) is 12.1 Å². The van der Waals surface area contributed by atoms with E-state index in [1.54, 1.807) is 12.1 Å². The lowest BCUT2D eigenvalue weighted by Gasteiger charge is -2.38. The van der Waals surface area contributed by atoms with Crippen LogP contribution in [0.4, 0.5) is 4.39 Å². The van der Waals surface area contributed by atoms with Gasteiger partial charge in [-0.1, -0.05) is 32.0 Å². The molecule has 0 aromatic heterocycles. The maximum atomic E-state index is 13.6. The lowest BCUT2D eigenvalue weighted by Crippen LogP contribution is -2.45. The predicted octanol–water partition coefficient (Wildman–Crippen LogP) is 4.10. The molecule has 1 fully saturated rings. The van der Waals surface area contributed by atoms with Crippen LogP contribution in [0.5, 0.6) is 0 Å². The van der Waals surface area contributed by atoms with E-state index < -0.39 is 0 Å². The molecule has 0 bridgehead atoms. The fraction of sp³-hybridized carbons (Fsp3) is 0.625. The van der Waals surface area contributed by atoms with Gasteiger partial charge in [-0.15, -0.1) is 0 Å². The van der Waals surface area contributed by atoms with Gasteiger partial charge in [0.1, 0.15) is 5.82 Å². The van der Waals surface area contributed by atoms with Crippen LogP contribution in [-0.2, 0) is 0 Å². The minimum absolute atomic E-state index is 0.0452. The number of benzene rings is 1. The fourth-order valence-corrected chi connectivity index (χ4v) is 2.99. The van der Waals surface area contributed by atoms with Crippen LogP contribution in [0, 0.1) is 11.7 Å². The first kappa shape index (κ1) is 13.5. The zero-order chi connectivity index (χ0) is 13.1. The zero-order valence-electron chi connectivity index (χ0n) is 11.6. The van der Waals surface area contributed by atoms with E-state index in [1.165, 1.54) is 6.42 Å². The van der Waals surface area contributed by atoms with Gasteiger partial charge in [-0.05, 0) is 49.7 Å². The Morgan fingerprint density at radius 3 is 2.50 bits per heavy atom. The molecule has 1 nitrogen and oxygen atoms in total. The quantitative estimate of drug-likeness (QED) is 0.828. The summed E-state index contributed by atoms with van der Waals surface area (Å²) in [5, 5.41) is 3.64. The van der Waals surface area contributed by atoms with Crippen molar-refractivity contribution < 1.29 is 4.39 Å². The van der Waals surface area contributed by atoms with Crippen LogP contribution < -0.4 is 5.32 Å². The van der Waals surface area contributed by atoms with Gasteiger partial charge in [-0.2, -0.15) is 0 Å². The average molecular weight is 249 g/mol. The van der Waals surface area contributed by atoms with Crippen molar-refractivity contribution >= 4 is 0 Å². The summed E-state index contributed by atoms with van der Waals surface area (Å²) < 4.78 is 13.6. The smallest absolute Gasteiger partial charge is 0.126 e. The van der Waals surface area contributed by atoms with Gasteiger partial charge in [0.2, 0.25) is 0 Å². The van der Waals surface area contributed by atoms with Crippen LogP contribution in [0.25, 0.3) is 0 Å². The standard InChI is InChI=1S/C16H24FN/c1-11(2)8-12(3)18-14-9-13(10-14)15-6-4-5-7-16(15)17/h4-7,11-14,18H,8-10H2,1-3H3. The molecule has 1 aromatic rings. The maximum absolute atomic E-state index is 13.6. The van der Waals surface area contributed by atoms with Crippen molar-refractivity contribution in [2.24, 2.45) is 5.92 Å². The summed E-state index contributed by atoms with van der Waals surface area (Å²) in [6.45, 7) is 6.75. The molecule has 1 atom stereocenters. The molecule has 1 aliphatic rings. The van der Waals surface area contributed by atoms with E-state index >= 15 is 0 Å². The van der Waals surface area contributed by atoms with Crippen molar-refractivity contribution in [2.45, 2.75) is 58.0 Å². The van der Waals surface area contributed by atoms with Gasteiger partial charge in [0.15, 0.2) is 0 Å². The van der Waals surface area contributed by atoms with Crippen molar-refractivity contribution in [1.29, 1.82) is 0 Å². The van der Waals surface area contributed by atoms with E-state index in [4.69, 9.17) is 0 Å². The second-order valence-corrected chi connectivity index (χ2v) is 6.08. The molecular formula is C16H24FN. The van der Waals surface area contributed by atoms with Gasteiger partial charge in [0, 0.05) is 12.1 Å². The molecule has 0 radical (unpaired) electrons. The molecule has 0 saturated heterocycles. The maximum Gasteiger partial charge on any atom is 0.126 e. The Balaban J connectivity index is 1.79. The molecule has 18 heavy (non-hydrogen) atoms. The summed E-state index contributed by atoms with van der Waals surface area (Å²) in [6, 6.07) is 8.32. The number of hydrogen-bond acceptors (Lipinski definition) is 1. The van der Waals surface area contributed by atoms with Gasteiger partial charge >= 0.3 is 0 Å². The average Bonchev–Trinajstić information content (AvgIpc) is 2.23. The first-order valence-electron chi connectivity index (χ1n) is 7.06. The van der Waals surface area contributed by atoms with Crippen molar-refractivity contribution in [3.63, 3.8) is 0 Å². The van der Waals surface area contributed by atoms with Crippen LogP contribution in [0.2, 0.25) is 0 Å². The van der Waals surface area contributed by atoms with Crippen LogP contribution in [-0.4, -0.2) is 12.1 Å². The van der Waals surface area contributed by atoms with Gasteiger partial charge in [0.05, 0.1) is 0 Å². The van der Waals surface area contributed by atoms with Gasteiger partial charge in [-0.3, -0.25) is 0 Å². The monoisotopic (exact) mass is 249 g/mol. The molecule has 0 spiro atoms. The second kappa shape index (κ2) is 5.83. The molecule has 1 N–H and O–H groups in total. The Morgan fingerprint density at radius 2 is 1.89 bits per heavy atom. The molecule has 0 amide bonds. The molecule has 100 valence electrons. The molecule has 1 unspecified atom stereocenters. The molecular weight excluding hydrogens is 225 g/mol. The highest BCUT2D eigenvalue weighted by Gasteiger charge is 2.32. The third-order valence-corrected chi connectivity index (χ3v) is 3.83. The summed E-state index contributed by atoms with van der Waals surface area (Å²) in [7, 11) is 0. The largest absolute Gasteiger partial charge is 0.311 e. The molecule has 1 aliphatic carbocycles. The normalized spacial score (nSPS) is 24.9. The lowest BCUT2D eigenvalue weighted by atomic mass is 9.75. The van der Waals surface area contributed by atoms with Gasteiger partial charge < -0.3 is 5.32 Å². The third-order valence-electron chi connectivity index (χ3n) is 3.83. The summed E-state index contributed by atoms with van der Waals surface area (Å²) in [5.41, 5.74) is 0.895. The molecule has 2 heteroatoms. The van der Waals surface area contributed by atoms with E-state index in [2.05, 4.69) is 26.1 Å². The van der Waals surface area contributed by atoms with Crippen LogP contribution >= 0.6 is 0 Å². The molecule has 0 heterocycles. The minimum atomic E-state index is -0.0452. The van der Waals surface area contributed by atoms with E-state index in [9.17, 15) is 4.39 Å². The summed E-state index contributed by atoms with van der Waals surface area (Å²) in [5.74, 6) is 1.10. The van der Waals surface area contributed by atoms with Crippen molar-refractivity contribution in [1.82, 2.24) is 5.32 Å². The number of rotatable bonds is 5. The first-order valence-corrected chi connectivity index (χ1v) is 7.06. The molecule has 0 aliphatic heterocycles. The highest BCUT2D eigenvalue weighted by atomic mass is 19.1. The highest BCUT2D eigenvalue weighted by Crippen LogP contribution is 2.38. The Bertz CT molecular complexity index is 382. The van der Waals surface area contributed by atoms with Crippen molar-refractivity contribution in [2.75, 3.05) is 0 Å². The SMILES string of the molecule is CC(C)CC(C)NC1CC(c2ccccc2F)C1. The molecule has 1 saturated carbocycles. The summed E-state index contributed by atoms with van der Waals surface area (Å²) in [6.07, 6.45) is 3.35. The van der Waals surface area contributed by atoms with Crippen LogP contribution in [0.3, 0.4) is 0 Å². The Labute approximate surface area is 110 Å². The van der Waals surface area contributed by atoms with E-state index in [0.717, 1.165) is 24.3 Å². The third kappa shape index (κ3) is 3.32. The summed E-state index contributed by atoms with van der Waals surface area (Å²) in [4.78, 5) is 0. The van der Waals surface area contributed by atoms with Crippen molar-refractivity contribution in [3.05, 3.63) is 35.6 Å². The summed E-state index contributed by atoms with van der Waals surface area (Å²) >= 11 is 0. The lowest BCUT2D eigenvalue weighted by molar-refractivity contribution is 0.253. The number of hydrogen-bond donors (Lipinski definition) is 1. The molecule has 2 rings (SSSR count). The fourth-order valence-electron chi connectivity index (χ4n) is 2.99. The predicted molar refractivity (Wildman–Crippen MR) is 74.2 cm³/mol. The Kier molecular flexibility index (Phi) is 4.39. The van der Waals surface area contributed by atoms with E-state index in [0.29, 0.717) is 18.0 Å². The number of halogens is 1. The minimum Gasteiger partial charge on any atom is -0.311 e. The highest BCUT2D eigenvalue weighted by molar-refractivity contribution is 5.24. The Hall–Kier alpha value is -0.890. The zero-order valence-corrected chi connectivity index (χ0v) is 11.6. The Morgan fingerprint density at radius 1 is 1.22 bits per heavy atom. The van der Waals surface area contributed by atoms with E-state index in [-0.39, 0.29) is 5.82 Å². The first-order chi connectivity index (χ1) is 8.56. The van der Waals surface area contributed by atoms with Crippen LogP contribution in [0.15, 0.2) is 24.3 Å². The molecule has 1 aromatic carbocycles. The van der Waals surface area contributed by atoms with Crippen LogP contribution in [0.1, 0.15) is 51.5 Å². The number of nitrogens with one attached hydrogen (secondary N) is 1. The van der Waals surface area contributed by atoms with Crippen molar-refractivity contribution in [3.8, 4) is 0 Å². The topological polar surface area (TPSA) is 12.0 Å². The second-order valence-electron chi connectivity index (χ2n) is 6.08.